The SMILES string of the molecule is CSCC(C)CNc1ncccc1N. The van der Waals surface area contributed by atoms with E-state index in [9.17, 15) is 0 Å². The number of thioether (sulfide) groups is 1. The van der Waals surface area contributed by atoms with Crippen LogP contribution in [0.2, 0.25) is 0 Å². The summed E-state index contributed by atoms with van der Waals surface area (Å²) >= 11 is 1.86. The Hall–Kier alpha value is -0.900. The number of nitrogens with one attached hydrogen (secondary N) is 1. The van der Waals surface area contributed by atoms with Crippen LogP contribution < -0.4 is 11.1 Å². The van der Waals surface area contributed by atoms with Crippen molar-refractivity contribution in [3.8, 4) is 0 Å². The molecule has 0 aliphatic carbocycles. The molecule has 0 fully saturated rings. The normalized spacial score (nSPS) is 12.4. The molecule has 0 aromatic carbocycles. The van der Waals surface area contributed by atoms with Crippen molar-refractivity contribution in [2.45, 2.75) is 6.92 Å². The molecule has 1 atom stereocenters. The summed E-state index contributed by atoms with van der Waals surface area (Å²) < 4.78 is 0. The molecule has 3 nitrogen and oxygen atoms in total. The van der Waals surface area contributed by atoms with E-state index in [0.29, 0.717) is 11.6 Å². The molecule has 78 valence electrons. The van der Waals surface area contributed by atoms with Crippen molar-refractivity contribution < 1.29 is 0 Å². The van der Waals surface area contributed by atoms with Crippen LogP contribution in [0.4, 0.5) is 11.5 Å². The Balaban J connectivity index is 2.41. The second-order valence-electron chi connectivity index (χ2n) is 3.38. The van der Waals surface area contributed by atoms with Crippen LogP contribution in [0.15, 0.2) is 18.3 Å². The Morgan fingerprint density at radius 2 is 2.43 bits per heavy atom. The molecule has 4 heteroatoms. The Labute approximate surface area is 89.5 Å². The van der Waals surface area contributed by atoms with Crippen LogP contribution in [0.3, 0.4) is 0 Å². The maximum Gasteiger partial charge on any atom is 0.149 e. The summed E-state index contributed by atoms with van der Waals surface area (Å²) in [5.41, 5.74) is 6.46. The third kappa shape index (κ3) is 3.46. The highest BCUT2D eigenvalue weighted by Crippen LogP contribution is 2.14. The summed E-state index contributed by atoms with van der Waals surface area (Å²) in [6, 6.07) is 3.69. The number of nitrogens with two attached hydrogens (primary N) is 1. The third-order valence-corrected chi connectivity index (χ3v) is 2.81. The second-order valence-corrected chi connectivity index (χ2v) is 4.29. The smallest absolute Gasteiger partial charge is 0.149 e. The van der Waals surface area contributed by atoms with E-state index < -0.39 is 0 Å². The molecule has 14 heavy (non-hydrogen) atoms. The van der Waals surface area contributed by atoms with Crippen molar-refractivity contribution in [3.63, 3.8) is 0 Å². The Kier molecular flexibility index (Phi) is 4.59. The van der Waals surface area contributed by atoms with Crippen molar-refractivity contribution in [1.29, 1.82) is 0 Å². The van der Waals surface area contributed by atoms with Gasteiger partial charge in [0.25, 0.3) is 0 Å². The lowest BCUT2D eigenvalue weighted by Crippen LogP contribution is -2.14. The van der Waals surface area contributed by atoms with Gasteiger partial charge in [-0.25, -0.2) is 4.98 Å². The number of hydrogen-bond acceptors (Lipinski definition) is 4. The van der Waals surface area contributed by atoms with E-state index in [4.69, 9.17) is 5.73 Å². The van der Waals surface area contributed by atoms with Crippen LogP contribution in [0.1, 0.15) is 6.92 Å². The topological polar surface area (TPSA) is 50.9 Å². The molecule has 0 aliphatic heterocycles. The number of anilines is 2. The fourth-order valence-corrected chi connectivity index (χ4v) is 1.87. The first-order valence-corrected chi connectivity index (χ1v) is 6.06. The minimum atomic E-state index is 0.631. The maximum absolute atomic E-state index is 5.75. The highest BCUT2D eigenvalue weighted by Gasteiger charge is 2.02. The largest absolute Gasteiger partial charge is 0.396 e. The summed E-state index contributed by atoms with van der Waals surface area (Å²) in [6.07, 6.45) is 3.86. The molecule has 1 heterocycles. The lowest BCUT2D eigenvalue weighted by molar-refractivity contribution is 0.700. The number of aromatic nitrogens is 1. The van der Waals surface area contributed by atoms with Gasteiger partial charge < -0.3 is 11.1 Å². The van der Waals surface area contributed by atoms with Gasteiger partial charge in [-0.3, -0.25) is 0 Å². The average Bonchev–Trinajstić information content (AvgIpc) is 2.17. The monoisotopic (exact) mass is 211 g/mol. The van der Waals surface area contributed by atoms with Gasteiger partial charge in [-0.2, -0.15) is 11.8 Å². The number of nitrogens with zero attached hydrogens (tertiary/aromatic N) is 1. The number of rotatable bonds is 5. The summed E-state index contributed by atoms with van der Waals surface area (Å²) in [5.74, 6) is 2.58. The van der Waals surface area contributed by atoms with Gasteiger partial charge in [-0.1, -0.05) is 6.92 Å². The summed E-state index contributed by atoms with van der Waals surface area (Å²) in [4.78, 5) is 4.17. The molecule has 0 aliphatic rings. The molecular weight excluding hydrogens is 194 g/mol. The van der Waals surface area contributed by atoms with Crippen molar-refractivity contribution in [3.05, 3.63) is 18.3 Å². The molecule has 0 saturated carbocycles. The molecule has 0 amide bonds. The van der Waals surface area contributed by atoms with Crippen LogP contribution in [-0.4, -0.2) is 23.5 Å². The molecule has 1 aromatic heterocycles. The van der Waals surface area contributed by atoms with E-state index in [-0.39, 0.29) is 0 Å². The van der Waals surface area contributed by atoms with E-state index in [1.165, 1.54) is 0 Å². The van der Waals surface area contributed by atoms with Crippen molar-refractivity contribution >= 4 is 23.3 Å². The van der Waals surface area contributed by atoms with Gasteiger partial charge in [-0.05, 0) is 30.1 Å². The molecule has 0 spiro atoms. The van der Waals surface area contributed by atoms with Crippen LogP contribution >= 0.6 is 11.8 Å². The highest BCUT2D eigenvalue weighted by atomic mass is 32.2. The average molecular weight is 211 g/mol. The molecule has 1 aromatic rings. The molecule has 0 saturated heterocycles. The molecule has 0 radical (unpaired) electrons. The van der Waals surface area contributed by atoms with Gasteiger partial charge in [0.05, 0.1) is 5.69 Å². The van der Waals surface area contributed by atoms with Crippen molar-refractivity contribution in [2.24, 2.45) is 5.92 Å². The molecule has 3 N–H and O–H groups in total. The predicted molar refractivity (Wildman–Crippen MR) is 64.7 cm³/mol. The van der Waals surface area contributed by atoms with Crippen molar-refractivity contribution in [2.75, 3.05) is 29.6 Å². The standard InChI is InChI=1S/C10H17N3S/c1-8(7-14-2)6-13-10-9(11)4-3-5-12-10/h3-5,8H,6-7,11H2,1-2H3,(H,12,13). The van der Waals surface area contributed by atoms with Crippen LogP contribution in [0, 0.1) is 5.92 Å². The quantitative estimate of drug-likeness (QED) is 0.783. The fraction of sp³-hybridized carbons (Fsp3) is 0.500. The minimum absolute atomic E-state index is 0.631. The summed E-state index contributed by atoms with van der Waals surface area (Å²) in [7, 11) is 0. The molecule has 1 rings (SSSR count). The predicted octanol–water partition coefficient (Wildman–Crippen LogP) is 2.07. The Morgan fingerprint density at radius 1 is 1.64 bits per heavy atom. The summed E-state index contributed by atoms with van der Waals surface area (Å²) in [6.45, 7) is 3.13. The van der Waals surface area contributed by atoms with E-state index in [0.717, 1.165) is 18.1 Å². The molecule has 1 unspecified atom stereocenters. The zero-order valence-corrected chi connectivity index (χ0v) is 9.47. The Morgan fingerprint density at radius 3 is 3.07 bits per heavy atom. The zero-order chi connectivity index (χ0) is 10.4. The maximum atomic E-state index is 5.75. The Bertz CT molecular complexity index is 278. The van der Waals surface area contributed by atoms with Crippen LogP contribution in [0.5, 0.6) is 0 Å². The van der Waals surface area contributed by atoms with Gasteiger partial charge in [0, 0.05) is 12.7 Å². The fourth-order valence-electron chi connectivity index (χ4n) is 1.18. The van der Waals surface area contributed by atoms with E-state index in [2.05, 4.69) is 23.5 Å². The van der Waals surface area contributed by atoms with E-state index in [1.807, 2.05) is 23.9 Å². The van der Waals surface area contributed by atoms with Crippen molar-refractivity contribution in [1.82, 2.24) is 4.98 Å². The highest BCUT2D eigenvalue weighted by molar-refractivity contribution is 7.98. The van der Waals surface area contributed by atoms with Gasteiger partial charge in [0.2, 0.25) is 0 Å². The lowest BCUT2D eigenvalue weighted by atomic mass is 10.2. The van der Waals surface area contributed by atoms with E-state index in [1.54, 1.807) is 6.20 Å². The first-order chi connectivity index (χ1) is 6.74. The number of hydrogen-bond donors (Lipinski definition) is 2. The second kappa shape index (κ2) is 5.75. The van der Waals surface area contributed by atoms with Crippen LogP contribution in [0.25, 0.3) is 0 Å². The summed E-state index contributed by atoms with van der Waals surface area (Å²) in [5, 5.41) is 3.25. The minimum Gasteiger partial charge on any atom is -0.396 e. The third-order valence-electron chi connectivity index (χ3n) is 1.91. The van der Waals surface area contributed by atoms with Gasteiger partial charge in [0.15, 0.2) is 0 Å². The van der Waals surface area contributed by atoms with Gasteiger partial charge in [-0.15, -0.1) is 0 Å². The first kappa shape index (κ1) is 11.2. The number of nitrogen functional groups attached to an aromatic ring is 1. The molecule has 0 bridgehead atoms. The van der Waals surface area contributed by atoms with Crippen LogP contribution in [-0.2, 0) is 0 Å². The lowest BCUT2D eigenvalue weighted by Gasteiger charge is -2.12. The van der Waals surface area contributed by atoms with E-state index >= 15 is 0 Å². The first-order valence-electron chi connectivity index (χ1n) is 4.67. The van der Waals surface area contributed by atoms with Gasteiger partial charge >= 0.3 is 0 Å². The van der Waals surface area contributed by atoms with Gasteiger partial charge in [0.1, 0.15) is 5.82 Å². The molecular formula is C10H17N3S. The number of pyridine rings is 1. The zero-order valence-electron chi connectivity index (χ0n) is 8.66.